The van der Waals surface area contributed by atoms with Crippen LogP contribution in [-0.2, 0) is 6.18 Å². The van der Waals surface area contributed by atoms with E-state index in [-0.39, 0.29) is 11.6 Å². The molecule has 0 unspecified atom stereocenters. The summed E-state index contributed by atoms with van der Waals surface area (Å²) in [6.07, 6.45) is -4.43. The Balaban J connectivity index is 3.09. The van der Waals surface area contributed by atoms with Gasteiger partial charge in [-0.25, -0.2) is 0 Å². The Kier molecular flexibility index (Phi) is 3.61. The van der Waals surface area contributed by atoms with Gasteiger partial charge < -0.3 is 5.73 Å². The molecule has 0 aromatic heterocycles. The lowest BCUT2D eigenvalue weighted by Gasteiger charge is -2.08. The fourth-order valence-electron chi connectivity index (χ4n) is 0.976. The molecular weight excluding hydrogens is 227 g/mol. The van der Waals surface area contributed by atoms with Crippen molar-refractivity contribution in [3.8, 4) is 11.8 Å². The molecule has 0 fully saturated rings. The summed E-state index contributed by atoms with van der Waals surface area (Å²) in [5, 5.41) is -0.355. The Morgan fingerprint density at radius 2 is 2.00 bits per heavy atom. The highest BCUT2D eigenvalue weighted by molar-refractivity contribution is 6.31. The maximum absolute atomic E-state index is 12.3. The van der Waals surface area contributed by atoms with Crippen molar-refractivity contribution in [1.29, 1.82) is 0 Å². The summed E-state index contributed by atoms with van der Waals surface area (Å²) in [5.74, 6) is 5.12. The Bertz CT molecular complexity index is 415. The van der Waals surface area contributed by atoms with Gasteiger partial charge in [0.1, 0.15) is 0 Å². The molecule has 2 N–H and O–H groups in total. The number of benzene rings is 1. The summed E-state index contributed by atoms with van der Waals surface area (Å²) < 4.78 is 36.9. The van der Waals surface area contributed by atoms with E-state index in [9.17, 15) is 13.2 Å². The number of halogens is 4. The monoisotopic (exact) mass is 233 g/mol. The van der Waals surface area contributed by atoms with E-state index in [1.165, 1.54) is 12.1 Å². The van der Waals surface area contributed by atoms with Crippen molar-refractivity contribution in [3.05, 3.63) is 34.3 Å². The van der Waals surface area contributed by atoms with E-state index < -0.39 is 11.7 Å². The van der Waals surface area contributed by atoms with Crippen LogP contribution in [0.5, 0.6) is 0 Å². The molecule has 1 nitrogen and oxygen atoms in total. The molecule has 0 amide bonds. The lowest BCUT2D eigenvalue weighted by molar-refractivity contribution is -0.137. The van der Waals surface area contributed by atoms with Gasteiger partial charge in [0.05, 0.1) is 17.1 Å². The summed E-state index contributed by atoms with van der Waals surface area (Å²) >= 11 is 5.47. The third kappa shape index (κ3) is 3.15. The molecule has 0 saturated carbocycles. The fraction of sp³-hybridized carbons (Fsp3) is 0.200. The van der Waals surface area contributed by atoms with Gasteiger partial charge in [0.25, 0.3) is 0 Å². The van der Waals surface area contributed by atoms with Gasteiger partial charge in [-0.15, -0.1) is 0 Å². The number of hydrogen-bond donors (Lipinski definition) is 1. The molecule has 15 heavy (non-hydrogen) atoms. The zero-order valence-corrected chi connectivity index (χ0v) is 8.28. The second kappa shape index (κ2) is 4.56. The fourth-order valence-corrected chi connectivity index (χ4v) is 1.26. The molecule has 0 saturated heterocycles. The van der Waals surface area contributed by atoms with E-state index in [0.717, 1.165) is 6.07 Å². The second-order valence-electron chi connectivity index (χ2n) is 2.70. The third-order valence-electron chi connectivity index (χ3n) is 1.61. The molecule has 0 aliphatic heterocycles. The maximum Gasteiger partial charge on any atom is 0.417 e. The van der Waals surface area contributed by atoms with Crippen LogP contribution in [-0.4, -0.2) is 6.54 Å². The van der Waals surface area contributed by atoms with Gasteiger partial charge in [-0.3, -0.25) is 0 Å². The minimum atomic E-state index is -4.43. The topological polar surface area (TPSA) is 26.0 Å². The normalized spacial score (nSPS) is 10.7. The first-order valence-corrected chi connectivity index (χ1v) is 4.38. The molecule has 1 rings (SSSR count). The van der Waals surface area contributed by atoms with Crippen molar-refractivity contribution < 1.29 is 13.2 Å². The van der Waals surface area contributed by atoms with Crippen molar-refractivity contribution >= 4 is 11.6 Å². The van der Waals surface area contributed by atoms with E-state index in [0.29, 0.717) is 5.56 Å². The highest BCUT2D eigenvalue weighted by Gasteiger charge is 2.32. The Morgan fingerprint density at radius 3 is 2.47 bits per heavy atom. The van der Waals surface area contributed by atoms with Crippen molar-refractivity contribution in [3.63, 3.8) is 0 Å². The molecule has 1 aromatic rings. The van der Waals surface area contributed by atoms with Crippen LogP contribution in [0.15, 0.2) is 18.2 Å². The molecule has 5 heteroatoms. The second-order valence-corrected chi connectivity index (χ2v) is 3.11. The predicted molar refractivity (Wildman–Crippen MR) is 52.4 cm³/mol. The van der Waals surface area contributed by atoms with Crippen LogP contribution < -0.4 is 5.73 Å². The van der Waals surface area contributed by atoms with Crippen LogP contribution in [0.2, 0.25) is 5.02 Å². The van der Waals surface area contributed by atoms with Crippen LogP contribution in [0.4, 0.5) is 13.2 Å². The first kappa shape index (κ1) is 11.9. The first-order valence-electron chi connectivity index (χ1n) is 4.01. The first-order chi connectivity index (χ1) is 6.95. The third-order valence-corrected chi connectivity index (χ3v) is 1.92. The Morgan fingerprint density at radius 1 is 1.33 bits per heavy atom. The summed E-state index contributed by atoms with van der Waals surface area (Å²) in [7, 11) is 0. The molecular formula is C10H7ClF3N. The van der Waals surface area contributed by atoms with Gasteiger partial charge in [-0.2, -0.15) is 13.2 Å². The average molecular weight is 234 g/mol. The van der Waals surface area contributed by atoms with Gasteiger partial charge in [0.2, 0.25) is 0 Å². The average Bonchev–Trinajstić information content (AvgIpc) is 2.12. The smallest absolute Gasteiger partial charge is 0.320 e. The summed E-state index contributed by atoms with van der Waals surface area (Å²) in [6, 6.07) is 3.34. The Labute approximate surface area is 90.0 Å². The minimum Gasteiger partial charge on any atom is -0.320 e. The number of nitrogens with two attached hydrogens (primary N) is 1. The van der Waals surface area contributed by atoms with E-state index in [1.807, 2.05) is 0 Å². The van der Waals surface area contributed by atoms with Crippen molar-refractivity contribution in [2.24, 2.45) is 5.73 Å². The van der Waals surface area contributed by atoms with Crippen LogP contribution in [0.1, 0.15) is 11.1 Å². The van der Waals surface area contributed by atoms with Crippen LogP contribution >= 0.6 is 11.6 Å². The van der Waals surface area contributed by atoms with Crippen LogP contribution in [0, 0.1) is 11.8 Å². The quantitative estimate of drug-likeness (QED) is 0.685. The molecule has 1 aromatic carbocycles. The van der Waals surface area contributed by atoms with Gasteiger partial charge >= 0.3 is 6.18 Å². The van der Waals surface area contributed by atoms with Crippen molar-refractivity contribution in [2.45, 2.75) is 6.18 Å². The standard InChI is InChI=1S/C10H7ClF3N/c11-9-6-7(2-1-5-15)3-4-8(9)10(12,13)14/h3-4,6H,5,15H2. The maximum atomic E-state index is 12.3. The molecule has 0 aliphatic rings. The van der Waals surface area contributed by atoms with Crippen LogP contribution in [0.25, 0.3) is 0 Å². The van der Waals surface area contributed by atoms with E-state index in [4.69, 9.17) is 17.3 Å². The lowest BCUT2D eigenvalue weighted by Crippen LogP contribution is -2.05. The Hall–Kier alpha value is -1.18. The molecule has 0 atom stereocenters. The van der Waals surface area contributed by atoms with Crippen molar-refractivity contribution in [2.75, 3.05) is 6.54 Å². The number of rotatable bonds is 0. The number of hydrogen-bond acceptors (Lipinski definition) is 1. The molecule has 0 spiro atoms. The molecule has 0 aliphatic carbocycles. The largest absolute Gasteiger partial charge is 0.417 e. The van der Waals surface area contributed by atoms with Gasteiger partial charge in [-0.1, -0.05) is 23.4 Å². The SMILES string of the molecule is NCC#Cc1ccc(C(F)(F)F)c(Cl)c1. The predicted octanol–water partition coefficient (Wildman–Crippen LogP) is 2.67. The zero-order chi connectivity index (χ0) is 11.5. The molecule has 0 bridgehead atoms. The van der Waals surface area contributed by atoms with Crippen molar-refractivity contribution in [1.82, 2.24) is 0 Å². The number of alkyl halides is 3. The highest BCUT2D eigenvalue weighted by atomic mass is 35.5. The lowest BCUT2D eigenvalue weighted by atomic mass is 10.1. The van der Waals surface area contributed by atoms with Crippen LogP contribution in [0.3, 0.4) is 0 Å². The summed E-state index contributed by atoms with van der Waals surface area (Å²) in [4.78, 5) is 0. The molecule has 0 heterocycles. The van der Waals surface area contributed by atoms with Gasteiger partial charge in [-0.05, 0) is 18.2 Å². The zero-order valence-electron chi connectivity index (χ0n) is 7.53. The van der Waals surface area contributed by atoms with E-state index in [2.05, 4.69) is 11.8 Å². The van der Waals surface area contributed by atoms with E-state index in [1.54, 1.807) is 0 Å². The molecule has 80 valence electrons. The van der Waals surface area contributed by atoms with Gasteiger partial charge in [0.15, 0.2) is 0 Å². The van der Waals surface area contributed by atoms with E-state index >= 15 is 0 Å². The van der Waals surface area contributed by atoms with Gasteiger partial charge in [0, 0.05) is 5.56 Å². The molecule has 0 radical (unpaired) electrons. The minimum absolute atomic E-state index is 0.151. The summed E-state index contributed by atoms with van der Waals surface area (Å²) in [5.41, 5.74) is 4.68. The summed E-state index contributed by atoms with van der Waals surface area (Å²) in [6.45, 7) is 0.151. The highest BCUT2D eigenvalue weighted by Crippen LogP contribution is 2.34.